The van der Waals surface area contributed by atoms with E-state index in [2.05, 4.69) is 0 Å². The monoisotopic (exact) mass is 348 g/mol. The third-order valence-corrected chi connectivity index (χ3v) is 5.87. The predicted octanol–water partition coefficient (Wildman–Crippen LogP) is -2.68. The van der Waals surface area contributed by atoms with E-state index < -0.39 is 49.2 Å². The molecule has 10 atom stereocenters. The highest BCUT2D eigenvalue weighted by Gasteiger charge is 2.71. The van der Waals surface area contributed by atoms with Crippen LogP contribution >= 0.6 is 0 Å². The van der Waals surface area contributed by atoms with E-state index in [1.807, 2.05) is 0 Å². The van der Waals surface area contributed by atoms with Gasteiger partial charge in [-0.15, -0.1) is 0 Å². The number of hydrogen-bond acceptors (Lipinski definition) is 9. The second-order valence-corrected chi connectivity index (χ2v) is 7.10. The molecule has 0 aromatic rings. The fourth-order valence-electron chi connectivity index (χ4n) is 4.46. The summed E-state index contributed by atoms with van der Waals surface area (Å²) in [6.45, 7) is -0.164. The van der Waals surface area contributed by atoms with E-state index in [0.29, 0.717) is 12.5 Å². The maximum Gasteiger partial charge on any atom is 0.189 e. The number of rotatable bonds is 4. The molecule has 9 heteroatoms. The minimum Gasteiger partial charge on any atom is -0.394 e. The Morgan fingerprint density at radius 1 is 1.04 bits per heavy atom. The van der Waals surface area contributed by atoms with Crippen molar-refractivity contribution in [3.63, 3.8) is 0 Å². The summed E-state index contributed by atoms with van der Waals surface area (Å²) in [6, 6.07) is 0. The number of aliphatic hydroxyl groups excluding tert-OH is 5. The van der Waals surface area contributed by atoms with E-state index in [1.54, 1.807) is 0 Å². The standard InChI is InChI=1S/C15H24O9/c16-4-7-10(18)11(19)12(20)14(22-7)23-13-9-6(1-2-21-13)3-8-15(9,5-17)24-8/h6-14,16-20H,1-5H2. The Bertz CT molecular complexity index is 470. The van der Waals surface area contributed by atoms with E-state index in [0.717, 1.165) is 12.8 Å². The van der Waals surface area contributed by atoms with Crippen molar-refractivity contribution in [3.05, 3.63) is 0 Å². The van der Waals surface area contributed by atoms with Crippen LogP contribution in [0.3, 0.4) is 0 Å². The molecule has 0 amide bonds. The van der Waals surface area contributed by atoms with Crippen molar-refractivity contribution in [2.45, 2.75) is 61.5 Å². The summed E-state index contributed by atoms with van der Waals surface area (Å²) >= 11 is 0. The zero-order valence-electron chi connectivity index (χ0n) is 13.1. The molecule has 0 bridgehead atoms. The second kappa shape index (κ2) is 6.11. The summed E-state index contributed by atoms with van der Waals surface area (Å²) < 4.78 is 22.5. The van der Waals surface area contributed by atoms with Gasteiger partial charge in [-0.1, -0.05) is 0 Å². The molecule has 9 nitrogen and oxygen atoms in total. The molecule has 1 aliphatic carbocycles. The third-order valence-electron chi connectivity index (χ3n) is 5.87. The fourth-order valence-corrected chi connectivity index (χ4v) is 4.46. The van der Waals surface area contributed by atoms with Gasteiger partial charge in [-0.3, -0.25) is 0 Å². The third kappa shape index (κ3) is 2.43. The molecular formula is C15H24O9. The van der Waals surface area contributed by atoms with Crippen molar-refractivity contribution in [1.29, 1.82) is 0 Å². The Morgan fingerprint density at radius 2 is 1.83 bits per heavy atom. The molecule has 5 N–H and O–H groups in total. The lowest BCUT2D eigenvalue weighted by atomic mass is 9.84. The van der Waals surface area contributed by atoms with E-state index >= 15 is 0 Å². The molecule has 3 saturated heterocycles. The van der Waals surface area contributed by atoms with Gasteiger partial charge in [0.25, 0.3) is 0 Å². The summed E-state index contributed by atoms with van der Waals surface area (Å²) in [7, 11) is 0. The van der Waals surface area contributed by atoms with Gasteiger partial charge < -0.3 is 44.5 Å². The molecule has 1 saturated carbocycles. The summed E-state index contributed by atoms with van der Waals surface area (Å²) in [4.78, 5) is 0. The lowest BCUT2D eigenvalue weighted by Gasteiger charge is -2.44. The predicted molar refractivity (Wildman–Crippen MR) is 75.5 cm³/mol. The summed E-state index contributed by atoms with van der Waals surface area (Å²) in [6.07, 6.45) is -5.77. The highest BCUT2D eigenvalue weighted by molar-refractivity contribution is 5.16. The Balaban J connectivity index is 1.49. The molecular weight excluding hydrogens is 324 g/mol. The van der Waals surface area contributed by atoms with Crippen molar-refractivity contribution < 1.29 is 44.5 Å². The molecule has 4 rings (SSSR count). The minimum absolute atomic E-state index is 0.0000930. The van der Waals surface area contributed by atoms with E-state index in [1.165, 1.54) is 0 Å². The van der Waals surface area contributed by atoms with Gasteiger partial charge in [0.05, 0.1) is 25.9 Å². The van der Waals surface area contributed by atoms with Gasteiger partial charge in [-0.25, -0.2) is 0 Å². The van der Waals surface area contributed by atoms with Crippen LogP contribution in [0.4, 0.5) is 0 Å². The number of fused-ring (bicyclic) bond motifs is 3. The number of epoxide rings is 1. The molecule has 3 aliphatic heterocycles. The Kier molecular flexibility index (Phi) is 4.35. The largest absolute Gasteiger partial charge is 0.394 e. The normalized spacial score (nSPS) is 56.6. The van der Waals surface area contributed by atoms with Crippen molar-refractivity contribution in [1.82, 2.24) is 0 Å². The van der Waals surface area contributed by atoms with Gasteiger partial charge in [-0.05, 0) is 18.8 Å². The highest BCUT2D eigenvalue weighted by atomic mass is 16.8. The first-order valence-corrected chi connectivity index (χ1v) is 8.38. The highest BCUT2D eigenvalue weighted by Crippen LogP contribution is 2.60. The maximum absolute atomic E-state index is 10.1. The molecule has 138 valence electrons. The van der Waals surface area contributed by atoms with Crippen molar-refractivity contribution in [2.75, 3.05) is 19.8 Å². The SMILES string of the molecule is OCC1OC(OC2OCCC3CC4OC4(CO)C32)C(O)C(O)C1O. The Hall–Kier alpha value is -0.360. The van der Waals surface area contributed by atoms with Crippen LogP contribution in [0.15, 0.2) is 0 Å². The average molecular weight is 348 g/mol. The van der Waals surface area contributed by atoms with Crippen LogP contribution in [0.5, 0.6) is 0 Å². The van der Waals surface area contributed by atoms with Gasteiger partial charge in [0.2, 0.25) is 0 Å². The molecule has 0 aromatic heterocycles. The van der Waals surface area contributed by atoms with Crippen LogP contribution in [0, 0.1) is 11.8 Å². The van der Waals surface area contributed by atoms with Crippen LogP contribution < -0.4 is 0 Å². The summed E-state index contributed by atoms with van der Waals surface area (Å²) in [5.74, 6) is 0.105. The van der Waals surface area contributed by atoms with E-state index in [9.17, 15) is 25.5 Å². The number of hydrogen-bond donors (Lipinski definition) is 5. The Morgan fingerprint density at radius 3 is 2.54 bits per heavy atom. The molecule has 4 fully saturated rings. The Labute approximate surface area is 138 Å². The smallest absolute Gasteiger partial charge is 0.189 e. The first-order valence-electron chi connectivity index (χ1n) is 8.38. The van der Waals surface area contributed by atoms with Crippen LogP contribution in [0.1, 0.15) is 12.8 Å². The summed E-state index contributed by atoms with van der Waals surface area (Å²) in [5, 5.41) is 48.8. The van der Waals surface area contributed by atoms with Crippen molar-refractivity contribution in [3.8, 4) is 0 Å². The van der Waals surface area contributed by atoms with E-state index in [4.69, 9.17) is 18.9 Å². The molecule has 0 aromatic carbocycles. The number of aliphatic hydroxyl groups is 5. The van der Waals surface area contributed by atoms with Crippen LogP contribution in [-0.2, 0) is 18.9 Å². The first-order chi connectivity index (χ1) is 11.5. The number of ether oxygens (including phenoxy) is 4. The molecule has 10 unspecified atom stereocenters. The molecule has 0 radical (unpaired) electrons. The van der Waals surface area contributed by atoms with Crippen molar-refractivity contribution >= 4 is 0 Å². The van der Waals surface area contributed by atoms with Crippen LogP contribution in [-0.4, -0.2) is 94.1 Å². The van der Waals surface area contributed by atoms with Crippen LogP contribution in [0.2, 0.25) is 0 Å². The molecule has 4 aliphatic rings. The molecule has 24 heavy (non-hydrogen) atoms. The lowest BCUT2D eigenvalue weighted by molar-refractivity contribution is -0.354. The second-order valence-electron chi connectivity index (χ2n) is 7.10. The summed E-state index contributed by atoms with van der Waals surface area (Å²) in [5.41, 5.74) is -0.663. The fraction of sp³-hybridized carbons (Fsp3) is 1.00. The van der Waals surface area contributed by atoms with Crippen LogP contribution in [0.25, 0.3) is 0 Å². The van der Waals surface area contributed by atoms with Crippen molar-refractivity contribution in [2.24, 2.45) is 11.8 Å². The van der Waals surface area contributed by atoms with Gasteiger partial charge in [-0.2, -0.15) is 0 Å². The average Bonchev–Trinajstić information content (AvgIpc) is 3.20. The molecule has 0 spiro atoms. The zero-order chi connectivity index (χ0) is 17.1. The first kappa shape index (κ1) is 17.1. The molecule has 3 heterocycles. The van der Waals surface area contributed by atoms with Gasteiger partial charge in [0, 0.05) is 5.92 Å². The van der Waals surface area contributed by atoms with Gasteiger partial charge in [0.15, 0.2) is 12.6 Å². The maximum atomic E-state index is 10.1. The minimum atomic E-state index is -1.50. The topological polar surface area (TPSA) is 141 Å². The van der Waals surface area contributed by atoms with Gasteiger partial charge >= 0.3 is 0 Å². The zero-order valence-corrected chi connectivity index (χ0v) is 13.1. The quantitative estimate of drug-likeness (QED) is 0.343. The van der Waals surface area contributed by atoms with E-state index in [-0.39, 0.29) is 18.6 Å². The lowest BCUT2D eigenvalue weighted by Crippen LogP contribution is -2.60. The van der Waals surface area contributed by atoms with Gasteiger partial charge in [0.1, 0.15) is 30.0 Å².